The highest BCUT2D eigenvalue weighted by Crippen LogP contribution is 2.43. The van der Waals surface area contributed by atoms with Gasteiger partial charge in [0, 0.05) is 23.2 Å². The van der Waals surface area contributed by atoms with Gasteiger partial charge >= 0.3 is 0 Å². The normalized spacial score (nSPS) is 16.2. The zero-order valence-corrected chi connectivity index (χ0v) is 19.0. The maximum absolute atomic E-state index is 10.1. The summed E-state index contributed by atoms with van der Waals surface area (Å²) in [6.45, 7) is 4.76. The fraction of sp³-hybridized carbons (Fsp3) is 0.292. The Balaban J connectivity index is 2.01. The van der Waals surface area contributed by atoms with E-state index in [0.29, 0.717) is 17.1 Å². The number of nitrogens with one attached hydrogen (secondary N) is 2. The van der Waals surface area contributed by atoms with Gasteiger partial charge in [-0.05, 0) is 48.4 Å². The quantitative estimate of drug-likeness (QED) is 0.505. The molecule has 2 aromatic carbocycles. The van der Waals surface area contributed by atoms with Crippen molar-refractivity contribution in [3.8, 4) is 11.8 Å². The van der Waals surface area contributed by atoms with Crippen LogP contribution in [0, 0.1) is 11.3 Å². The van der Waals surface area contributed by atoms with E-state index in [1.165, 1.54) is 0 Å². The Morgan fingerprint density at radius 2 is 1.93 bits per heavy atom. The zero-order valence-electron chi connectivity index (χ0n) is 17.5. The number of dihydropyridines is 1. The Kier molecular flexibility index (Phi) is 7.73. The average molecular weight is 440 g/mol. The maximum atomic E-state index is 10.1. The van der Waals surface area contributed by atoms with Gasteiger partial charge < -0.3 is 15.4 Å². The molecule has 0 amide bonds. The highest BCUT2D eigenvalue weighted by atomic mass is 35.5. The van der Waals surface area contributed by atoms with Crippen molar-refractivity contribution in [1.82, 2.24) is 5.32 Å². The van der Waals surface area contributed by atoms with Crippen LogP contribution in [0.25, 0.3) is 0 Å². The Morgan fingerprint density at radius 1 is 1.20 bits per heavy atom. The highest BCUT2D eigenvalue weighted by Gasteiger charge is 2.31. The lowest BCUT2D eigenvalue weighted by Crippen LogP contribution is -2.27. The molecular weight excluding hydrogens is 414 g/mol. The van der Waals surface area contributed by atoms with E-state index in [-0.39, 0.29) is 5.92 Å². The summed E-state index contributed by atoms with van der Waals surface area (Å²) in [6, 6.07) is 18.1. The molecule has 1 aliphatic rings. The Bertz CT molecular complexity index is 1010. The number of allylic oxidation sites excluding steroid dienone is 2. The number of ether oxygens (including phenoxy) is 1. The topological polar surface area (TPSA) is 57.1 Å². The molecule has 156 valence electrons. The van der Waals surface area contributed by atoms with Crippen molar-refractivity contribution in [3.05, 3.63) is 81.0 Å². The van der Waals surface area contributed by atoms with E-state index in [4.69, 9.17) is 16.3 Å². The third-order valence-electron chi connectivity index (χ3n) is 5.03. The first-order valence-corrected chi connectivity index (χ1v) is 11.3. The Hall–Kier alpha value is -2.55. The molecule has 0 aliphatic carbocycles. The van der Waals surface area contributed by atoms with Crippen molar-refractivity contribution in [2.75, 3.05) is 24.7 Å². The van der Waals surface area contributed by atoms with Crippen LogP contribution in [-0.2, 0) is 0 Å². The second-order valence-electron chi connectivity index (χ2n) is 6.99. The molecule has 1 atom stereocenters. The van der Waals surface area contributed by atoms with Crippen molar-refractivity contribution in [1.29, 1.82) is 5.26 Å². The zero-order chi connectivity index (χ0) is 21.5. The van der Waals surface area contributed by atoms with Crippen LogP contribution in [0.4, 0.5) is 5.69 Å². The molecule has 30 heavy (non-hydrogen) atoms. The lowest BCUT2D eigenvalue weighted by Gasteiger charge is -2.31. The lowest BCUT2D eigenvalue weighted by molar-refractivity contribution is 0.416. The van der Waals surface area contributed by atoms with Crippen LogP contribution in [0.5, 0.6) is 5.75 Å². The van der Waals surface area contributed by atoms with E-state index in [2.05, 4.69) is 30.6 Å². The molecule has 1 heterocycles. The van der Waals surface area contributed by atoms with Gasteiger partial charge in [0.2, 0.25) is 0 Å². The van der Waals surface area contributed by atoms with Crippen LogP contribution in [-0.4, -0.2) is 19.4 Å². The van der Waals surface area contributed by atoms with E-state index < -0.39 is 0 Å². The number of anilines is 1. The van der Waals surface area contributed by atoms with Gasteiger partial charge in [-0.3, -0.25) is 0 Å². The molecule has 2 N–H and O–H groups in total. The van der Waals surface area contributed by atoms with Crippen molar-refractivity contribution in [3.63, 3.8) is 0 Å². The van der Waals surface area contributed by atoms with Gasteiger partial charge in [0.05, 0.1) is 29.5 Å². The van der Waals surface area contributed by atoms with Gasteiger partial charge in [-0.25, -0.2) is 0 Å². The molecule has 4 nitrogen and oxygen atoms in total. The van der Waals surface area contributed by atoms with Gasteiger partial charge in [0.25, 0.3) is 0 Å². The highest BCUT2D eigenvalue weighted by molar-refractivity contribution is 8.03. The first kappa shape index (κ1) is 22.1. The van der Waals surface area contributed by atoms with Crippen LogP contribution in [0.2, 0.25) is 5.02 Å². The number of benzene rings is 2. The summed E-state index contributed by atoms with van der Waals surface area (Å²) in [7, 11) is 1.66. The van der Waals surface area contributed by atoms with Crippen molar-refractivity contribution >= 4 is 29.1 Å². The van der Waals surface area contributed by atoms with Crippen LogP contribution >= 0.6 is 23.4 Å². The molecule has 1 aliphatic heterocycles. The van der Waals surface area contributed by atoms with Gasteiger partial charge in [0.1, 0.15) is 5.75 Å². The third-order valence-corrected chi connectivity index (χ3v) is 6.60. The largest absolute Gasteiger partial charge is 0.495 e. The number of rotatable bonds is 8. The van der Waals surface area contributed by atoms with E-state index >= 15 is 0 Å². The molecule has 0 fully saturated rings. The number of methoxy groups -OCH3 is 1. The monoisotopic (exact) mass is 439 g/mol. The van der Waals surface area contributed by atoms with E-state index in [1.54, 1.807) is 18.9 Å². The summed E-state index contributed by atoms with van der Waals surface area (Å²) in [5.74, 6) is 1.53. The molecule has 3 rings (SSSR count). The van der Waals surface area contributed by atoms with E-state index in [0.717, 1.165) is 45.5 Å². The van der Waals surface area contributed by atoms with E-state index in [1.807, 2.05) is 48.5 Å². The molecule has 0 spiro atoms. The molecule has 1 unspecified atom stereocenters. The number of hydrogen-bond donors (Lipinski definition) is 2. The standard InChI is InChI=1S/C24H26ClN3OS/c1-4-13-30-24-18(14-26)23(17-9-5-6-10-20(17)25)19(16(2)28-24)15-27-21-11-7-8-12-22(21)29-3/h5-12,23,27-28H,4,13,15H2,1-3H3. The minimum Gasteiger partial charge on any atom is -0.495 e. The molecule has 0 aromatic heterocycles. The second kappa shape index (κ2) is 10.5. The van der Waals surface area contributed by atoms with Crippen LogP contribution in [0.15, 0.2) is 70.4 Å². The Labute approximate surface area is 188 Å². The lowest BCUT2D eigenvalue weighted by atomic mass is 9.82. The van der Waals surface area contributed by atoms with Crippen LogP contribution < -0.4 is 15.4 Å². The van der Waals surface area contributed by atoms with Crippen molar-refractivity contribution in [2.45, 2.75) is 26.2 Å². The summed E-state index contributed by atoms with van der Waals surface area (Å²) in [5.41, 5.74) is 4.70. The molecule has 0 saturated heterocycles. The van der Waals surface area contributed by atoms with Crippen LogP contribution in [0.3, 0.4) is 0 Å². The predicted octanol–water partition coefficient (Wildman–Crippen LogP) is 6.30. The van der Waals surface area contributed by atoms with Gasteiger partial charge in [0.15, 0.2) is 0 Å². The van der Waals surface area contributed by atoms with Gasteiger partial charge in [-0.1, -0.05) is 48.9 Å². The molecule has 0 saturated carbocycles. The number of thioether (sulfide) groups is 1. The first-order valence-electron chi connectivity index (χ1n) is 9.95. The second-order valence-corrected chi connectivity index (χ2v) is 8.50. The molecule has 2 aromatic rings. The number of para-hydroxylation sites is 2. The molecular formula is C24H26ClN3OS. The van der Waals surface area contributed by atoms with E-state index in [9.17, 15) is 5.26 Å². The van der Waals surface area contributed by atoms with Crippen LogP contribution in [0.1, 0.15) is 31.7 Å². The predicted molar refractivity (Wildman–Crippen MR) is 127 cm³/mol. The number of nitriles is 1. The third kappa shape index (κ3) is 4.77. The fourth-order valence-corrected chi connectivity index (χ4v) is 4.74. The minimum absolute atomic E-state index is 0.202. The average Bonchev–Trinajstić information content (AvgIpc) is 2.77. The minimum atomic E-state index is -0.202. The molecule has 0 radical (unpaired) electrons. The first-order chi connectivity index (χ1) is 14.6. The molecule has 0 bridgehead atoms. The fourth-order valence-electron chi connectivity index (χ4n) is 3.54. The summed E-state index contributed by atoms with van der Waals surface area (Å²) in [6.07, 6.45) is 1.04. The summed E-state index contributed by atoms with van der Waals surface area (Å²) >= 11 is 8.28. The number of hydrogen-bond acceptors (Lipinski definition) is 5. The van der Waals surface area contributed by atoms with Crippen molar-refractivity contribution in [2.24, 2.45) is 0 Å². The maximum Gasteiger partial charge on any atom is 0.141 e. The Morgan fingerprint density at radius 3 is 2.63 bits per heavy atom. The van der Waals surface area contributed by atoms with Gasteiger partial charge in [-0.2, -0.15) is 5.26 Å². The van der Waals surface area contributed by atoms with Gasteiger partial charge in [-0.15, -0.1) is 11.8 Å². The summed E-state index contributed by atoms with van der Waals surface area (Å²) in [5, 5.41) is 18.6. The summed E-state index contributed by atoms with van der Waals surface area (Å²) < 4.78 is 5.47. The van der Waals surface area contributed by atoms with Crippen molar-refractivity contribution < 1.29 is 4.74 Å². The SMILES string of the molecule is CCCSC1=C(C#N)C(c2ccccc2Cl)C(CNc2ccccc2OC)=C(C)N1. The smallest absolute Gasteiger partial charge is 0.141 e. The summed E-state index contributed by atoms with van der Waals surface area (Å²) in [4.78, 5) is 0. The number of halogens is 1. The number of nitrogens with zero attached hydrogens (tertiary/aromatic N) is 1. The molecule has 6 heteroatoms.